The Balaban J connectivity index is 1.19. The van der Waals surface area contributed by atoms with Crippen LogP contribution in [0.1, 0.15) is 51.9 Å². The summed E-state index contributed by atoms with van der Waals surface area (Å²) in [7, 11) is -5.50. The van der Waals surface area contributed by atoms with Gasteiger partial charge in [-0.25, -0.2) is 27.8 Å². The fourth-order valence-electron chi connectivity index (χ4n) is 4.77. The molecule has 1 fully saturated rings. The zero-order valence-corrected chi connectivity index (χ0v) is 21.9. The van der Waals surface area contributed by atoms with Crippen molar-refractivity contribution in [2.75, 3.05) is 6.54 Å². The summed E-state index contributed by atoms with van der Waals surface area (Å²) in [6, 6.07) is 4.32. The third-order valence-electron chi connectivity index (χ3n) is 6.98. The van der Waals surface area contributed by atoms with Crippen LogP contribution >= 0.6 is 0 Å². The molecule has 40 heavy (non-hydrogen) atoms. The zero-order valence-electron chi connectivity index (χ0n) is 21.1. The minimum atomic E-state index is -5.50. The first-order valence-corrected chi connectivity index (χ1v) is 13.9. The number of benzene rings is 1. The molecule has 6 rings (SSSR count). The summed E-state index contributed by atoms with van der Waals surface area (Å²) < 4.78 is 81.0. The maximum absolute atomic E-state index is 15.1. The topological polar surface area (TPSA) is 114 Å². The quantitative estimate of drug-likeness (QED) is 0.351. The monoisotopic (exact) mass is 577 g/mol. The lowest BCUT2D eigenvalue weighted by Gasteiger charge is -2.27. The molecule has 1 aliphatic heterocycles. The van der Waals surface area contributed by atoms with Gasteiger partial charge in [-0.15, -0.1) is 0 Å². The summed E-state index contributed by atoms with van der Waals surface area (Å²) in [5.41, 5.74) is -2.69. The van der Waals surface area contributed by atoms with E-state index in [1.54, 1.807) is 22.9 Å². The van der Waals surface area contributed by atoms with Gasteiger partial charge >= 0.3 is 15.5 Å². The Morgan fingerprint density at radius 1 is 1.15 bits per heavy atom. The van der Waals surface area contributed by atoms with Gasteiger partial charge in [0, 0.05) is 49.7 Å². The average molecular weight is 578 g/mol. The molecule has 210 valence electrons. The van der Waals surface area contributed by atoms with E-state index in [-0.39, 0.29) is 48.5 Å². The number of rotatable bonds is 6. The maximum atomic E-state index is 15.1. The summed E-state index contributed by atoms with van der Waals surface area (Å²) in [6.07, 6.45) is 6.86. The molecule has 0 spiro atoms. The van der Waals surface area contributed by atoms with Crippen molar-refractivity contribution in [2.24, 2.45) is 0 Å². The van der Waals surface area contributed by atoms with Crippen molar-refractivity contribution in [1.82, 2.24) is 33.5 Å². The minimum Gasteiger partial charge on any atom is -0.347 e. The average Bonchev–Trinajstić information content (AvgIpc) is 3.54. The number of amides is 1. The lowest BCUT2D eigenvalue weighted by Crippen LogP contribution is -2.44. The molecule has 0 radical (unpaired) electrons. The second kappa shape index (κ2) is 9.37. The highest BCUT2D eigenvalue weighted by Crippen LogP contribution is 2.41. The van der Waals surface area contributed by atoms with Crippen LogP contribution in [0, 0.1) is 12.7 Å². The molecular formula is C25H23F4N7O3S. The Hall–Kier alpha value is -3.85. The fourth-order valence-corrected chi connectivity index (χ4v) is 5.67. The number of hydrogen-bond acceptors (Lipinski definition) is 6. The van der Waals surface area contributed by atoms with Gasteiger partial charge < -0.3 is 9.88 Å². The molecule has 1 aromatic carbocycles. The Bertz CT molecular complexity index is 1760. The second-order valence-electron chi connectivity index (χ2n) is 9.94. The number of nitrogens with one attached hydrogen (secondary N) is 1. The number of aromatic nitrogens is 5. The van der Waals surface area contributed by atoms with Gasteiger partial charge in [-0.05, 0) is 43.0 Å². The van der Waals surface area contributed by atoms with E-state index in [4.69, 9.17) is 0 Å². The number of imidazole rings is 2. The van der Waals surface area contributed by atoms with Crippen LogP contribution in [0.5, 0.6) is 0 Å². The smallest absolute Gasteiger partial charge is 0.347 e. The molecule has 2 aliphatic rings. The molecule has 4 aromatic rings. The summed E-state index contributed by atoms with van der Waals surface area (Å²) >= 11 is 0. The van der Waals surface area contributed by atoms with Crippen LogP contribution in [0.25, 0.3) is 17.0 Å². The number of hydrogen-bond donors (Lipinski definition) is 1. The van der Waals surface area contributed by atoms with Crippen LogP contribution in [0.3, 0.4) is 0 Å². The van der Waals surface area contributed by atoms with Gasteiger partial charge in [0.25, 0.3) is 5.91 Å². The molecule has 10 nitrogen and oxygen atoms in total. The van der Waals surface area contributed by atoms with E-state index in [1.807, 2.05) is 6.92 Å². The molecule has 0 atom stereocenters. The van der Waals surface area contributed by atoms with Gasteiger partial charge in [-0.3, -0.25) is 9.20 Å². The molecule has 0 saturated heterocycles. The number of nitrogens with zero attached hydrogens (tertiary/aromatic N) is 6. The molecule has 1 aliphatic carbocycles. The number of alkyl halides is 3. The number of fused-ring (bicyclic) bond motifs is 2. The summed E-state index contributed by atoms with van der Waals surface area (Å²) in [5.74, 6) is -0.272. The van der Waals surface area contributed by atoms with Gasteiger partial charge in [0.05, 0.1) is 17.9 Å². The Kier molecular flexibility index (Phi) is 6.18. The number of sulfonamides is 1. The predicted octanol–water partition coefficient (Wildman–Crippen LogP) is 3.51. The SMILES string of the molecule is Cc1cnc2nc(C3CC3)c(C(=O)NCc3ccc(-c4cn5c(n4)CN(S(=O)(=O)C(F)(F)F)CC5)c(F)c3)n2c1. The summed E-state index contributed by atoms with van der Waals surface area (Å²) in [6.45, 7) is 0.901. The lowest BCUT2D eigenvalue weighted by atomic mass is 10.1. The predicted molar refractivity (Wildman–Crippen MR) is 134 cm³/mol. The Labute approximate surface area is 225 Å². The highest BCUT2D eigenvalue weighted by Gasteiger charge is 2.50. The highest BCUT2D eigenvalue weighted by molar-refractivity contribution is 7.89. The maximum Gasteiger partial charge on any atom is 0.511 e. The van der Waals surface area contributed by atoms with E-state index in [1.165, 1.54) is 22.9 Å². The van der Waals surface area contributed by atoms with E-state index < -0.39 is 27.9 Å². The molecule has 1 N–H and O–H groups in total. The van der Waals surface area contributed by atoms with Crippen molar-refractivity contribution in [2.45, 2.75) is 50.8 Å². The molecule has 0 unspecified atom stereocenters. The standard InChI is InChI=1S/C25H23F4N7O3S/c1-14-9-31-24-33-21(16-3-4-16)22(36(24)11-14)23(37)30-10-15-2-5-17(18(26)8-15)19-12-34-6-7-35(13-20(34)32-19)40(38,39)25(27,28)29/h2,5,8-9,11-12,16H,3-4,6-7,10,13H2,1H3,(H,30,37). The molecule has 0 bridgehead atoms. The van der Waals surface area contributed by atoms with Crippen LogP contribution < -0.4 is 5.32 Å². The van der Waals surface area contributed by atoms with E-state index in [2.05, 4.69) is 20.3 Å². The summed E-state index contributed by atoms with van der Waals surface area (Å²) in [4.78, 5) is 26.2. The van der Waals surface area contributed by atoms with Crippen LogP contribution in [-0.4, -0.2) is 54.6 Å². The van der Waals surface area contributed by atoms with Crippen molar-refractivity contribution in [3.05, 3.63) is 70.9 Å². The highest BCUT2D eigenvalue weighted by atomic mass is 32.2. The number of carbonyl (C=O) groups excluding carboxylic acids is 1. The minimum absolute atomic E-state index is 0.0383. The Morgan fingerprint density at radius 3 is 2.62 bits per heavy atom. The first kappa shape index (κ1) is 26.4. The van der Waals surface area contributed by atoms with Gasteiger partial charge in [-0.1, -0.05) is 6.07 Å². The zero-order chi connectivity index (χ0) is 28.4. The first-order valence-electron chi connectivity index (χ1n) is 12.5. The van der Waals surface area contributed by atoms with Gasteiger partial charge in [-0.2, -0.15) is 17.5 Å². The van der Waals surface area contributed by atoms with Crippen LogP contribution in [-0.2, 0) is 29.7 Å². The molecule has 4 heterocycles. The molecule has 3 aromatic heterocycles. The Morgan fingerprint density at radius 2 is 1.93 bits per heavy atom. The van der Waals surface area contributed by atoms with Gasteiger partial charge in [0.15, 0.2) is 0 Å². The van der Waals surface area contributed by atoms with E-state index in [0.717, 1.165) is 18.4 Å². The van der Waals surface area contributed by atoms with Crippen molar-refractivity contribution in [3.63, 3.8) is 0 Å². The number of halogens is 4. The van der Waals surface area contributed by atoms with Crippen LogP contribution in [0.4, 0.5) is 17.6 Å². The van der Waals surface area contributed by atoms with Crippen molar-refractivity contribution >= 4 is 21.7 Å². The van der Waals surface area contributed by atoms with Crippen LogP contribution in [0.2, 0.25) is 0 Å². The largest absolute Gasteiger partial charge is 0.511 e. The summed E-state index contributed by atoms with van der Waals surface area (Å²) in [5, 5.41) is 2.83. The molecule has 15 heteroatoms. The fraction of sp³-hybridized carbons (Fsp3) is 0.360. The van der Waals surface area contributed by atoms with Crippen molar-refractivity contribution in [1.29, 1.82) is 0 Å². The third-order valence-corrected chi connectivity index (χ3v) is 8.55. The van der Waals surface area contributed by atoms with E-state index in [0.29, 0.717) is 27.0 Å². The van der Waals surface area contributed by atoms with E-state index in [9.17, 15) is 26.4 Å². The number of carbonyl (C=O) groups is 1. The first-order chi connectivity index (χ1) is 18.9. The molecule has 1 saturated carbocycles. The van der Waals surface area contributed by atoms with Crippen molar-refractivity contribution < 1.29 is 30.8 Å². The normalized spacial score (nSPS) is 16.3. The molecular weight excluding hydrogens is 554 g/mol. The van der Waals surface area contributed by atoms with E-state index >= 15 is 4.39 Å². The van der Waals surface area contributed by atoms with Crippen LogP contribution in [0.15, 0.2) is 36.8 Å². The number of aryl methyl sites for hydroxylation is 1. The lowest BCUT2D eigenvalue weighted by molar-refractivity contribution is -0.0496. The molecule has 1 amide bonds. The third kappa shape index (κ3) is 4.62. The van der Waals surface area contributed by atoms with Gasteiger partial charge in [0.2, 0.25) is 5.78 Å². The van der Waals surface area contributed by atoms with Crippen molar-refractivity contribution in [3.8, 4) is 11.3 Å². The second-order valence-corrected chi connectivity index (χ2v) is 11.9. The van der Waals surface area contributed by atoms with Gasteiger partial charge in [0.1, 0.15) is 17.3 Å².